The van der Waals surface area contributed by atoms with Crippen molar-refractivity contribution in [3.05, 3.63) is 24.2 Å². The lowest BCUT2D eigenvalue weighted by Crippen LogP contribution is -2.47. The van der Waals surface area contributed by atoms with Gasteiger partial charge >= 0.3 is 0 Å². The lowest BCUT2D eigenvalue weighted by Gasteiger charge is -2.35. The van der Waals surface area contributed by atoms with E-state index >= 15 is 0 Å². The second-order valence-electron chi connectivity index (χ2n) is 4.83. The highest BCUT2D eigenvalue weighted by Crippen LogP contribution is 2.09. The molecule has 0 aliphatic carbocycles. The summed E-state index contributed by atoms with van der Waals surface area (Å²) in [6, 6.07) is 1.99. The van der Waals surface area contributed by atoms with Crippen molar-refractivity contribution in [2.75, 3.05) is 26.2 Å². The first kappa shape index (κ1) is 12.6. The fourth-order valence-electron chi connectivity index (χ4n) is 2.33. The van der Waals surface area contributed by atoms with E-state index in [0.717, 1.165) is 32.7 Å². The zero-order valence-electron chi connectivity index (χ0n) is 10.7. The smallest absolute Gasteiger partial charge is 0.0947 e. The molecule has 1 fully saturated rings. The maximum absolute atomic E-state index is 5.71. The molecule has 0 radical (unpaired) electrons. The van der Waals surface area contributed by atoms with Crippen LogP contribution in [0.1, 0.15) is 19.4 Å². The number of hydrogen-bond acceptors (Lipinski definition) is 4. The Hall–Kier alpha value is -0.840. The summed E-state index contributed by atoms with van der Waals surface area (Å²) in [7, 11) is 0. The van der Waals surface area contributed by atoms with Crippen molar-refractivity contribution in [3.8, 4) is 0 Å². The Morgan fingerprint density at radius 1 is 1.35 bits per heavy atom. The van der Waals surface area contributed by atoms with Crippen LogP contribution in [-0.2, 0) is 11.3 Å². The topological polar surface area (TPSA) is 37.6 Å². The Labute approximate surface area is 103 Å². The van der Waals surface area contributed by atoms with Gasteiger partial charge in [-0.05, 0) is 19.9 Å². The molecule has 1 aliphatic rings. The van der Waals surface area contributed by atoms with Crippen LogP contribution in [0, 0.1) is 0 Å². The van der Waals surface area contributed by atoms with E-state index in [-0.39, 0.29) is 0 Å². The van der Waals surface area contributed by atoms with Gasteiger partial charge in [0.1, 0.15) is 0 Å². The summed E-state index contributed by atoms with van der Waals surface area (Å²) >= 11 is 0. The van der Waals surface area contributed by atoms with Gasteiger partial charge in [0.15, 0.2) is 0 Å². The van der Waals surface area contributed by atoms with Gasteiger partial charge in [0.25, 0.3) is 0 Å². The summed E-state index contributed by atoms with van der Waals surface area (Å²) in [5.41, 5.74) is 1.20. The van der Waals surface area contributed by atoms with Crippen LogP contribution in [0.15, 0.2) is 23.0 Å². The first-order valence-electron chi connectivity index (χ1n) is 6.33. The highest BCUT2D eigenvalue weighted by molar-refractivity contribution is 5.04. The van der Waals surface area contributed by atoms with E-state index < -0.39 is 0 Å². The third kappa shape index (κ3) is 4.15. The molecule has 2 atom stereocenters. The van der Waals surface area contributed by atoms with Crippen LogP contribution >= 0.6 is 0 Å². The summed E-state index contributed by atoms with van der Waals surface area (Å²) in [4.78, 5) is 2.46. The van der Waals surface area contributed by atoms with Crippen LogP contribution < -0.4 is 5.32 Å². The summed E-state index contributed by atoms with van der Waals surface area (Å²) < 4.78 is 10.7. The average molecular weight is 238 g/mol. The first-order chi connectivity index (χ1) is 8.24. The predicted molar refractivity (Wildman–Crippen MR) is 66.9 cm³/mol. The number of rotatable bonds is 5. The number of furan rings is 1. The third-order valence-corrected chi connectivity index (χ3v) is 3.01. The molecule has 2 unspecified atom stereocenters. The Balaban J connectivity index is 1.61. The Kier molecular flexibility index (Phi) is 4.59. The molecule has 1 N–H and O–H groups in total. The zero-order valence-corrected chi connectivity index (χ0v) is 10.7. The predicted octanol–water partition coefficient (Wildman–Crippen LogP) is 1.48. The summed E-state index contributed by atoms with van der Waals surface area (Å²) in [6.45, 7) is 9.32. The van der Waals surface area contributed by atoms with Crippen molar-refractivity contribution in [2.24, 2.45) is 0 Å². The van der Waals surface area contributed by atoms with Crippen LogP contribution in [0.5, 0.6) is 0 Å². The molecule has 0 spiro atoms. The van der Waals surface area contributed by atoms with Crippen molar-refractivity contribution in [1.82, 2.24) is 10.2 Å². The molecule has 0 aromatic carbocycles. The SMILES string of the molecule is CC1CN(CCNCc2ccoc2)CC(C)O1. The number of nitrogens with zero attached hydrogens (tertiary/aromatic N) is 1. The Morgan fingerprint density at radius 2 is 2.12 bits per heavy atom. The summed E-state index contributed by atoms with van der Waals surface area (Å²) in [5, 5.41) is 3.42. The lowest BCUT2D eigenvalue weighted by molar-refractivity contribution is -0.0674. The molecule has 17 heavy (non-hydrogen) atoms. The number of morpholine rings is 1. The number of ether oxygens (including phenoxy) is 1. The molecular formula is C13H22N2O2. The van der Waals surface area contributed by atoms with Gasteiger partial charge in [0, 0.05) is 38.3 Å². The van der Waals surface area contributed by atoms with E-state index in [2.05, 4.69) is 24.1 Å². The molecule has 2 rings (SSSR count). The quantitative estimate of drug-likeness (QED) is 0.788. The molecule has 0 amide bonds. The fourth-order valence-corrected chi connectivity index (χ4v) is 2.33. The molecule has 1 saturated heterocycles. The van der Waals surface area contributed by atoms with Crippen LogP contribution in [0.25, 0.3) is 0 Å². The Bertz CT molecular complexity index is 303. The highest BCUT2D eigenvalue weighted by atomic mass is 16.5. The standard InChI is InChI=1S/C13H22N2O2/c1-11-8-15(9-12(2)17-11)5-4-14-7-13-3-6-16-10-13/h3,6,10-12,14H,4-5,7-9H2,1-2H3. The minimum atomic E-state index is 0.354. The molecule has 0 saturated carbocycles. The molecule has 96 valence electrons. The average Bonchev–Trinajstić information content (AvgIpc) is 2.76. The normalized spacial score (nSPS) is 26.2. The van der Waals surface area contributed by atoms with E-state index in [9.17, 15) is 0 Å². The van der Waals surface area contributed by atoms with E-state index in [1.165, 1.54) is 5.56 Å². The Morgan fingerprint density at radius 3 is 2.76 bits per heavy atom. The second-order valence-corrected chi connectivity index (χ2v) is 4.83. The van der Waals surface area contributed by atoms with Crippen LogP contribution in [0.3, 0.4) is 0 Å². The van der Waals surface area contributed by atoms with E-state index in [0.29, 0.717) is 12.2 Å². The summed E-state index contributed by atoms with van der Waals surface area (Å²) in [6.07, 6.45) is 4.20. The molecule has 0 bridgehead atoms. The molecule has 4 nitrogen and oxygen atoms in total. The van der Waals surface area contributed by atoms with Gasteiger partial charge in [-0.3, -0.25) is 4.90 Å². The first-order valence-corrected chi connectivity index (χ1v) is 6.33. The molecule has 1 aromatic rings. The van der Waals surface area contributed by atoms with Gasteiger partial charge in [-0.15, -0.1) is 0 Å². The minimum Gasteiger partial charge on any atom is -0.472 e. The van der Waals surface area contributed by atoms with E-state index in [1.54, 1.807) is 12.5 Å². The highest BCUT2D eigenvalue weighted by Gasteiger charge is 2.21. The van der Waals surface area contributed by atoms with Crippen LogP contribution in [0.4, 0.5) is 0 Å². The molecular weight excluding hydrogens is 216 g/mol. The second kappa shape index (κ2) is 6.19. The van der Waals surface area contributed by atoms with E-state index in [1.807, 2.05) is 6.07 Å². The lowest BCUT2D eigenvalue weighted by atomic mass is 10.2. The van der Waals surface area contributed by atoms with Crippen molar-refractivity contribution >= 4 is 0 Å². The number of nitrogens with one attached hydrogen (secondary N) is 1. The molecule has 4 heteroatoms. The minimum absolute atomic E-state index is 0.354. The van der Waals surface area contributed by atoms with Gasteiger partial charge in [0.05, 0.1) is 24.7 Å². The van der Waals surface area contributed by atoms with Crippen molar-refractivity contribution < 1.29 is 9.15 Å². The molecule has 1 aliphatic heterocycles. The third-order valence-electron chi connectivity index (χ3n) is 3.01. The van der Waals surface area contributed by atoms with Crippen molar-refractivity contribution in [3.63, 3.8) is 0 Å². The van der Waals surface area contributed by atoms with Gasteiger partial charge < -0.3 is 14.5 Å². The van der Waals surface area contributed by atoms with Crippen molar-refractivity contribution in [1.29, 1.82) is 0 Å². The fraction of sp³-hybridized carbons (Fsp3) is 0.692. The van der Waals surface area contributed by atoms with Gasteiger partial charge in [0.2, 0.25) is 0 Å². The maximum atomic E-state index is 5.71. The van der Waals surface area contributed by atoms with Crippen LogP contribution in [0.2, 0.25) is 0 Å². The maximum Gasteiger partial charge on any atom is 0.0947 e. The van der Waals surface area contributed by atoms with E-state index in [4.69, 9.17) is 9.15 Å². The van der Waals surface area contributed by atoms with Gasteiger partial charge in [-0.1, -0.05) is 0 Å². The van der Waals surface area contributed by atoms with Gasteiger partial charge in [-0.25, -0.2) is 0 Å². The summed E-state index contributed by atoms with van der Waals surface area (Å²) in [5.74, 6) is 0. The van der Waals surface area contributed by atoms with Crippen LogP contribution in [-0.4, -0.2) is 43.3 Å². The number of hydrogen-bond donors (Lipinski definition) is 1. The molecule has 1 aromatic heterocycles. The van der Waals surface area contributed by atoms with Crippen molar-refractivity contribution in [2.45, 2.75) is 32.6 Å². The van der Waals surface area contributed by atoms with Gasteiger partial charge in [-0.2, -0.15) is 0 Å². The molecule has 2 heterocycles. The zero-order chi connectivity index (χ0) is 12.1. The monoisotopic (exact) mass is 238 g/mol. The largest absolute Gasteiger partial charge is 0.472 e.